The van der Waals surface area contributed by atoms with E-state index in [1.165, 1.54) is 27.4 Å². The summed E-state index contributed by atoms with van der Waals surface area (Å²) in [5, 5.41) is 16.4. The van der Waals surface area contributed by atoms with Gasteiger partial charge in [0.25, 0.3) is 11.8 Å². The number of hydrazine groups is 1. The summed E-state index contributed by atoms with van der Waals surface area (Å²) in [6.45, 7) is 8.28. The number of aromatic nitrogens is 3. The number of benzene rings is 1. The first-order valence-corrected chi connectivity index (χ1v) is 13.2. The van der Waals surface area contributed by atoms with Gasteiger partial charge in [-0.1, -0.05) is 70.9 Å². The normalized spacial score (nSPS) is 12.0. The Morgan fingerprint density at radius 3 is 2.32 bits per heavy atom. The van der Waals surface area contributed by atoms with Crippen molar-refractivity contribution in [2.24, 2.45) is 11.8 Å². The summed E-state index contributed by atoms with van der Waals surface area (Å²) in [5.74, 6) is -1.00. The van der Waals surface area contributed by atoms with Crippen LogP contribution in [0.2, 0.25) is 0 Å². The van der Waals surface area contributed by atoms with Crippen LogP contribution in [0.4, 0.5) is 0 Å². The van der Waals surface area contributed by atoms with Gasteiger partial charge in [0.05, 0.1) is 0 Å². The van der Waals surface area contributed by atoms with E-state index in [0.717, 1.165) is 18.4 Å². The third-order valence-electron chi connectivity index (χ3n) is 6.58. The Morgan fingerprint density at radius 2 is 1.76 bits per heavy atom. The molecule has 1 aromatic heterocycles. The Kier molecular flexibility index (Phi) is 12.8. The van der Waals surface area contributed by atoms with Crippen LogP contribution in [0, 0.1) is 11.8 Å². The molecular weight excluding hydrogens is 472 g/mol. The molecule has 0 saturated heterocycles. The minimum Gasteiger partial charge on any atom is -0.289 e. The third-order valence-corrected chi connectivity index (χ3v) is 6.58. The molecule has 0 spiro atoms. The van der Waals surface area contributed by atoms with Gasteiger partial charge in [-0.05, 0) is 43.1 Å². The third kappa shape index (κ3) is 9.60. The van der Waals surface area contributed by atoms with Crippen LogP contribution in [0.3, 0.4) is 0 Å². The number of rotatable bonds is 15. The summed E-state index contributed by atoms with van der Waals surface area (Å²) in [6, 6.07) is 8.82. The number of nitrogens with zero attached hydrogens (tertiary/aromatic N) is 5. The van der Waals surface area contributed by atoms with Crippen molar-refractivity contribution < 1.29 is 19.6 Å². The van der Waals surface area contributed by atoms with Crippen LogP contribution >= 0.6 is 0 Å². The van der Waals surface area contributed by atoms with Crippen molar-refractivity contribution in [1.82, 2.24) is 30.3 Å². The average molecular weight is 515 g/mol. The summed E-state index contributed by atoms with van der Waals surface area (Å²) in [5.41, 5.74) is 2.85. The topological polar surface area (TPSA) is 121 Å². The second-order valence-corrected chi connectivity index (χ2v) is 9.79. The van der Waals surface area contributed by atoms with Crippen molar-refractivity contribution in [3.8, 4) is 0 Å². The molecule has 2 N–H and O–H groups in total. The van der Waals surface area contributed by atoms with Crippen LogP contribution in [0.25, 0.3) is 0 Å². The van der Waals surface area contributed by atoms with Crippen molar-refractivity contribution in [3.05, 3.63) is 48.5 Å². The van der Waals surface area contributed by atoms with Crippen LogP contribution in [-0.2, 0) is 27.3 Å². The number of aryl methyl sites for hydroxylation is 1. The molecule has 0 bridgehead atoms. The van der Waals surface area contributed by atoms with Crippen LogP contribution in [-0.4, -0.2) is 60.3 Å². The lowest BCUT2D eigenvalue weighted by Gasteiger charge is -2.41. The molecule has 0 saturated carbocycles. The summed E-state index contributed by atoms with van der Waals surface area (Å²) in [6.07, 6.45) is 6.77. The molecule has 1 atom stereocenters. The number of amides is 3. The van der Waals surface area contributed by atoms with Gasteiger partial charge in [0.15, 0.2) is 0 Å². The Hall–Kier alpha value is -3.27. The van der Waals surface area contributed by atoms with Crippen LogP contribution in [0.5, 0.6) is 0 Å². The van der Waals surface area contributed by atoms with E-state index in [0.29, 0.717) is 19.3 Å². The lowest BCUT2D eigenvalue weighted by Crippen LogP contribution is -2.60. The quantitative estimate of drug-likeness (QED) is 0.277. The second kappa shape index (κ2) is 15.8. The Balaban J connectivity index is 2.42. The van der Waals surface area contributed by atoms with E-state index in [9.17, 15) is 19.6 Å². The summed E-state index contributed by atoms with van der Waals surface area (Å²) in [7, 11) is 0. The van der Waals surface area contributed by atoms with Gasteiger partial charge in [-0.15, -0.1) is 0 Å². The smallest absolute Gasteiger partial charge is 0.268 e. The predicted molar refractivity (Wildman–Crippen MR) is 140 cm³/mol. The van der Waals surface area contributed by atoms with Gasteiger partial charge >= 0.3 is 0 Å². The zero-order valence-electron chi connectivity index (χ0n) is 22.5. The maximum atomic E-state index is 13.7. The van der Waals surface area contributed by atoms with Gasteiger partial charge in [-0.2, -0.15) is 5.10 Å². The maximum absolute atomic E-state index is 13.7. The van der Waals surface area contributed by atoms with Gasteiger partial charge in [0, 0.05) is 13.0 Å². The van der Waals surface area contributed by atoms with E-state index in [1.807, 2.05) is 58.0 Å². The molecule has 1 aromatic carbocycles. The highest BCUT2D eigenvalue weighted by atomic mass is 16.5. The maximum Gasteiger partial charge on any atom is 0.268 e. The van der Waals surface area contributed by atoms with Gasteiger partial charge in [0.1, 0.15) is 25.2 Å². The Bertz CT molecular complexity index is 947. The number of carbonyl (C=O) groups excluding carboxylic acids is 3. The minimum absolute atomic E-state index is 0.119. The fraction of sp³-hybridized carbons (Fsp3) is 0.593. The molecule has 204 valence electrons. The SMILES string of the molecule is CCC(CC)CN(C(=O)Cn1cncn1)N(C(=O)CCC(C)C)[C@@H](CCCc1ccccc1)C(=O)NO. The van der Waals surface area contributed by atoms with Gasteiger partial charge in [-0.3, -0.25) is 19.6 Å². The molecule has 10 heteroatoms. The van der Waals surface area contributed by atoms with Crippen molar-refractivity contribution >= 4 is 17.7 Å². The number of hydrogen-bond acceptors (Lipinski definition) is 6. The zero-order valence-corrected chi connectivity index (χ0v) is 22.5. The highest BCUT2D eigenvalue weighted by Crippen LogP contribution is 2.21. The van der Waals surface area contributed by atoms with Crippen molar-refractivity contribution in [2.45, 2.75) is 85.2 Å². The van der Waals surface area contributed by atoms with E-state index in [4.69, 9.17) is 0 Å². The van der Waals surface area contributed by atoms with E-state index in [-0.39, 0.29) is 49.6 Å². The van der Waals surface area contributed by atoms with E-state index in [2.05, 4.69) is 10.1 Å². The van der Waals surface area contributed by atoms with E-state index < -0.39 is 11.9 Å². The number of carbonyl (C=O) groups is 3. The molecule has 0 aliphatic heterocycles. The number of hydroxylamine groups is 1. The average Bonchev–Trinajstić information content (AvgIpc) is 3.41. The molecule has 10 nitrogen and oxygen atoms in total. The van der Waals surface area contributed by atoms with Crippen LogP contribution < -0.4 is 5.48 Å². The largest absolute Gasteiger partial charge is 0.289 e. The molecular formula is C27H42N6O4. The first-order chi connectivity index (χ1) is 17.8. The van der Waals surface area contributed by atoms with Crippen LogP contribution in [0.15, 0.2) is 43.0 Å². The predicted octanol–water partition coefficient (Wildman–Crippen LogP) is 3.62. The first kappa shape index (κ1) is 30.0. The monoisotopic (exact) mass is 514 g/mol. The fourth-order valence-electron chi connectivity index (χ4n) is 4.22. The number of nitrogens with one attached hydrogen (secondary N) is 1. The molecule has 37 heavy (non-hydrogen) atoms. The zero-order chi connectivity index (χ0) is 27.2. The van der Waals surface area contributed by atoms with E-state index in [1.54, 1.807) is 5.48 Å². The number of hydrogen-bond donors (Lipinski definition) is 2. The summed E-state index contributed by atoms with van der Waals surface area (Å²) < 4.78 is 1.40. The van der Waals surface area contributed by atoms with Crippen molar-refractivity contribution in [1.29, 1.82) is 0 Å². The van der Waals surface area contributed by atoms with Crippen LogP contribution in [0.1, 0.15) is 71.8 Å². The van der Waals surface area contributed by atoms with Crippen molar-refractivity contribution in [2.75, 3.05) is 6.54 Å². The first-order valence-electron chi connectivity index (χ1n) is 13.2. The molecule has 2 aromatic rings. The fourth-order valence-corrected chi connectivity index (χ4v) is 4.22. The van der Waals surface area contributed by atoms with E-state index >= 15 is 0 Å². The molecule has 0 unspecified atom stereocenters. The second-order valence-electron chi connectivity index (χ2n) is 9.79. The minimum atomic E-state index is -1.04. The molecule has 0 aliphatic rings. The molecule has 0 aliphatic carbocycles. The Morgan fingerprint density at radius 1 is 1.05 bits per heavy atom. The lowest BCUT2D eigenvalue weighted by atomic mass is 10.0. The molecule has 1 heterocycles. The highest BCUT2D eigenvalue weighted by Gasteiger charge is 2.37. The summed E-state index contributed by atoms with van der Waals surface area (Å²) in [4.78, 5) is 44.2. The van der Waals surface area contributed by atoms with Crippen molar-refractivity contribution in [3.63, 3.8) is 0 Å². The van der Waals surface area contributed by atoms with Gasteiger partial charge < -0.3 is 0 Å². The highest BCUT2D eigenvalue weighted by molar-refractivity contribution is 5.89. The molecule has 2 rings (SSSR count). The summed E-state index contributed by atoms with van der Waals surface area (Å²) >= 11 is 0. The molecule has 3 amide bonds. The standard InChI is InChI=1S/C27H42N6O4/c1-5-22(6-2)17-32(26(35)18-31-20-28-19-29-31)33(25(34)16-15-21(3)4)24(27(36)30-37)14-10-13-23-11-8-7-9-12-23/h7-9,11-12,19-22,24,37H,5-6,10,13-18H2,1-4H3,(H,30,36)/t24-/m0/s1. The molecule has 0 radical (unpaired) electrons. The lowest BCUT2D eigenvalue weighted by molar-refractivity contribution is -0.176. The Labute approximate surface area is 220 Å². The van der Waals surface area contributed by atoms with Gasteiger partial charge in [0.2, 0.25) is 5.91 Å². The molecule has 0 fully saturated rings. The van der Waals surface area contributed by atoms with Gasteiger partial charge in [-0.25, -0.2) is 25.2 Å².